The van der Waals surface area contributed by atoms with Crippen molar-refractivity contribution < 1.29 is 0 Å². The minimum atomic E-state index is 0.287. The van der Waals surface area contributed by atoms with Crippen molar-refractivity contribution in [1.29, 1.82) is 0 Å². The molecular formula is C69H84. The summed E-state index contributed by atoms with van der Waals surface area (Å²) in [5.41, 5.74) is 23.3. The van der Waals surface area contributed by atoms with Crippen LogP contribution in [-0.2, 0) is 11.8 Å². The molecule has 0 spiro atoms. The zero-order valence-corrected chi connectivity index (χ0v) is 44.6. The Morgan fingerprint density at radius 1 is 0.638 bits per heavy atom. The zero-order valence-electron chi connectivity index (χ0n) is 44.6. The van der Waals surface area contributed by atoms with Crippen molar-refractivity contribution in [3.63, 3.8) is 0 Å². The lowest BCUT2D eigenvalue weighted by Crippen LogP contribution is -2.25. The molecule has 10 rings (SSSR count). The van der Waals surface area contributed by atoms with Gasteiger partial charge in [0.1, 0.15) is 0 Å². The summed E-state index contributed by atoms with van der Waals surface area (Å²) in [5, 5.41) is 0. The average molecular weight is 913 g/mol. The smallest absolute Gasteiger partial charge is 0.00256 e. The van der Waals surface area contributed by atoms with Crippen molar-refractivity contribution in [1.82, 2.24) is 0 Å². The van der Waals surface area contributed by atoms with E-state index >= 15 is 0 Å². The summed E-state index contributed by atoms with van der Waals surface area (Å²) in [7, 11) is 0. The predicted molar refractivity (Wildman–Crippen MR) is 307 cm³/mol. The second-order valence-corrected chi connectivity index (χ2v) is 20.6. The summed E-state index contributed by atoms with van der Waals surface area (Å²) in [4.78, 5) is 0. The zero-order chi connectivity index (χ0) is 49.5. The molecule has 4 atom stereocenters. The van der Waals surface area contributed by atoms with Crippen LogP contribution in [0, 0.1) is 38.5 Å². The van der Waals surface area contributed by atoms with Crippen LogP contribution in [-0.4, -0.2) is 0 Å². The Balaban J connectivity index is 0.000000151. The quantitative estimate of drug-likeness (QED) is 0.153. The van der Waals surface area contributed by atoms with Crippen LogP contribution in [0.2, 0.25) is 0 Å². The van der Waals surface area contributed by atoms with Crippen LogP contribution in [0.3, 0.4) is 0 Å². The topological polar surface area (TPSA) is 0 Å². The van der Waals surface area contributed by atoms with E-state index in [0.29, 0.717) is 23.7 Å². The van der Waals surface area contributed by atoms with E-state index < -0.39 is 0 Å². The van der Waals surface area contributed by atoms with Crippen molar-refractivity contribution in [3.8, 4) is 11.1 Å². The monoisotopic (exact) mass is 913 g/mol. The van der Waals surface area contributed by atoms with E-state index in [0.717, 1.165) is 12.8 Å². The van der Waals surface area contributed by atoms with Crippen LogP contribution in [0.5, 0.6) is 0 Å². The highest BCUT2D eigenvalue weighted by molar-refractivity contribution is 5.81. The van der Waals surface area contributed by atoms with E-state index in [1.165, 1.54) is 116 Å². The van der Waals surface area contributed by atoms with E-state index in [1.807, 2.05) is 13.8 Å². The van der Waals surface area contributed by atoms with Crippen molar-refractivity contribution in [3.05, 3.63) is 225 Å². The molecule has 0 saturated carbocycles. The van der Waals surface area contributed by atoms with Gasteiger partial charge in [-0.15, -0.1) is 0 Å². The highest BCUT2D eigenvalue weighted by Gasteiger charge is 2.43. The average Bonchev–Trinajstić information content (AvgIpc) is 3.61. The Labute approximate surface area is 420 Å². The minimum Gasteiger partial charge on any atom is -0.0836 e. The van der Waals surface area contributed by atoms with Crippen LogP contribution in [0.4, 0.5) is 0 Å². The molecule has 0 aromatic heterocycles. The molecule has 69 heavy (non-hydrogen) atoms. The van der Waals surface area contributed by atoms with Crippen LogP contribution in [0.1, 0.15) is 169 Å². The van der Waals surface area contributed by atoms with Crippen LogP contribution in [0.15, 0.2) is 169 Å². The SMILES string of the molecule is CC.CCC(C)c1ccccc1-c1c(C)ccc2c1CCC=C2.CCCC1=CC=C2c3ccccc3C(C)(C)C2C1.Cc1ccc(C2=CCC(C)C=C2)cc1.Cc1ccc(C2=CCC(C)C=C2)cc1. The summed E-state index contributed by atoms with van der Waals surface area (Å²) in [6, 6.07) is 39.9. The minimum absolute atomic E-state index is 0.287. The third-order valence-corrected chi connectivity index (χ3v) is 14.9. The molecular weight excluding hydrogens is 829 g/mol. The number of fused-ring (bicyclic) bond motifs is 4. The first-order chi connectivity index (χ1) is 33.4. The first-order valence-corrected chi connectivity index (χ1v) is 26.7. The van der Waals surface area contributed by atoms with E-state index in [-0.39, 0.29) is 5.41 Å². The molecule has 0 heteroatoms. The molecule has 5 aliphatic carbocycles. The molecule has 0 saturated heterocycles. The van der Waals surface area contributed by atoms with Gasteiger partial charge in [-0.3, -0.25) is 0 Å². The van der Waals surface area contributed by atoms with Gasteiger partial charge in [-0.1, -0.05) is 255 Å². The lowest BCUT2D eigenvalue weighted by Gasteiger charge is -2.31. The number of aryl methyl sites for hydroxylation is 3. The van der Waals surface area contributed by atoms with E-state index in [9.17, 15) is 0 Å². The van der Waals surface area contributed by atoms with Gasteiger partial charge in [0.15, 0.2) is 0 Å². The van der Waals surface area contributed by atoms with Crippen molar-refractivity contribution in [2.24, 2.45) is 17.8 Å². The molecule has 5 aromatic rings. The summed E-state index contributed by atoms with van der Waals surface area (Å²) in [5.74, 6) is 2.69. The van der Waals surface area contributed by atoms with Gasteiger partial charge in [-0.2, -0.15) is 0 Å². The molecule has 5 aromatic carbocycles. The van der Waals surface area contributed by atoms with Crippen molar-refractivity contribution >= 4 is 22.8 Å². The molecule has 0 aliphatic heterocycles. The summed E-state index contributed by atoms with van der Waals surface area (Å²) < 4.78 is 0. The summed E-state index contributed by atoms with van der Waals surface area (Å²) >= 11 is 0. The highest BCUT2D eigenvalue weighted by Crippen LogP contribution is 2.54. The molecule has 4 unspecified atom stereocenters. The van der Waals surface area contributed by atoms with E-state index in [1.54, 1.807) is 11.1 Å². The lowest BCUT2D eigenvalue weighted by atomic mass is 9.72. The van der Waals surface area contributed by atoms with Crippen LogP contribution >= 0.6 is 0 Å². The number of rotatable bonds is 7. The molecule has 0 nitrogen and oxygen atoms in total. The van der Waals surface area contributed by atoms with Crippen molar-refractivity contribution in [2.45, 2.75) is 146 Å². The largest absolute Gasteiger partial charge is 0.0836 e. The number of hydrogen-bond acceptors (Lipinski definition) is 0. The second-order valence-electron chi connectivity index (χ2n) is 20.6. The Morgan fingerprint density at radius 2 is 1.20 bits per heavy atom. The third kappa shape index (κ3) is 13.3. The van der Waals surface area contributed by atoms with Gasteiger partial charge >= 0.3 is 0 Å². The van der Waals surface area contributed by atoms with E-state index in [4.69, 9.17) is 0 Å². The maximum absolute atomic E-state index is 2.41. The molecule has 5 aliphatic rings. The van der Waals surface area contributed by atoms with Crippen LogP contribution < -0.4 is 0 Å². The predicted octanol–water partition coefficient (Wildman–Crippen LogP) is 20.2. The van der Waals surface area contributed by atoms with Gasteiger partial charge < -0.3 is 0 Å². The Hall–Kier alpha value is -5.72. The number of allylic oxidation sites excluding steroid dienone is 13. The maximum atomic E-state index is 2.41. The maximum Gasteiger partial charge on any atom is -0.00256 e. The molecule has 0 heterocycles. The fraction of sp³-hybridized carbons (Fsp3) is 0.362. The fourth-order valence-electron chi connectivity index (χ4n) is 10.4. The standard InChI is InChI=1S/C21H24.C18H22.2C14H16.C2H6/c1-4-15(2)18-10-7-8-12-20(18)21-16(3)13-14-17-9-5-6-11-19(17)21;1-4-7-13-10-11-15-14-8-5-6-9-16(14)18(2,3)17(15)12-13;2*1-11-3-7-13(8-4-11)14-9-5-12(2)6-10-14;1-2/h5,7-10,12-15H,4,6,11H2,1-3H3;5-6,8-11,17H,4,7,12H2,1-3H3;2*3-5,7-10,12H,6H2,1-2H3;1-2H3. The normalized spacial score (nSPS) is 19.3. The number of hydrogen-bond donors (Lipinski definition) is 0. The van der Waals surface area contributed by atoms with Gasteiger partial charge in [0.2, 0.25) is 0 Å². The molecule has 0 bridgehead atoms. The number of benzene rings is 5. The molecule has 0 fully saturated rings. The van der Waals surface area contributed by atoms with Crippen molar-refractivity contribution in [2.75, 3.05) is 0 Å². The Morgan fingerprint density at radius 3 is 1.75 bits per heavy atom. The van der Waals surface area contributed by atoms with Gasteiger partial charge in [-0.05, 0) is 167 Å². The third-order valence-electron chi connectivity index (χ3n) is 14.9. The van der Waals surface area contributed by atoms with Gasteiger partial charge in [-0.25, -0.2) is 0 Å². The fourth-order valence-corrected chi connectivity index (χ4v) is 10.4. The van der Waals surface area contributed by atoms with Crippen LogP contribution in [0.25, 0.3) is 33.9 Å². The highest BCUT2D eigenvalue weighted by atomic mass is 14.5. The Bertz CT molecular complexity index is 2600. The van der Waals surface area contributed by atoms with Gasteiger partial charge in [0.05, 0.1) is 0 Å². The van der Waals surface area contributed by atoms with Gasteiger partial charge in [0.25, 0.3) is 0 Å². The second kappa shape index (κ2) is 25.2. The first kappa shape index (κ1) is 52.6. The summed E-state index contributed by atoms with van der Waals surface area (Å²) in [6.45, 7) is 26.7. The molecule has 0 N–H and O–H groups in total. The molecule has 0 radical (unpaired) electrons. The molecule has 360 valence electrons. The molecule has 0 amide bonds. The Kier molecular flexibility index (Phi) is 19.3. The lowest BCUT2D eigenvalue weighted by molar-refractivity contribution is 0.404. The van der Waals surface area contributed by atoms with Gasteiger partial charge in [0, 0.05) is 0 Å². The summed E-state index contributed by atoms with van der Waals surface area (Å²) in [6.07, 6.45) is 32.6. The first-order valence-electron chi connectivity index (χ1n) is 26.7. The van der Waals surface area contributed by atoms with E-state index in [2.05, 4.69) is 239 Å².